The first-order valence-electron chi connectivity index (χ1n) is 12.4. The molecule has 1 aromatic heterocycles. The first-order chi connectivity index (χ1) is 16.1. The Morgan fingerprint density at radius 2 is 1.28 bits per heavy atom. The fourth-order valence-electron chi connectivity index (χ4n) is 4.71. The number of hydrogen-bond donors (Lipinski definition) is 0. The van der Waals surface area contributed by atoms with Crippen LogP contribution in [0.3, 0.4) is 0 Å². The van der Waals surface area contributed by atoms with Crippen molar-refractivity contribution in [3.05, 3.63) is 84.6 Å². The zero-order chi connectivity index (χ0) is 24.3. The van der Waals surface area contributed by atoms with Crippen LogP contribution in [0, 0.1) is 5.92 Å². The molecule has 0 saturated carbocycles. The number of benzene rings is 4. The van der Waals surface area contributed by atoms with Crippen LogP contribution in [0.2, 0.25) is 17.3 Å². The number of fused-ring (bicyclic) bond motifs is 6. The van der Waals surface area contributed by atoms with Crippen molar-refractivity contribution in [1.82, 2.24) is 4.98 Å². The third kappa shape index (κ3) is 3.73. The first-order valence-corrected chi connectivity index (χ1v) is 18.8. The van der Waals surface area contributed by atoms with Gasteiger partial charge in [-0.05, 0) is 0 Å². The van der Waals surface area contributed by atoms with Gasteiger partial charge in [0.1, 0.15) is 0 Å². The molecule has 1 heterocycles. The summed E-state index contributed by atoms with van der Waals surface area (Å²) in [6.07, 6.45) is 0.568. The number of aromatic nitrogens is 1. The summed E-state index contributed by atoms with van der Waals surface area (Å²) in [5.41, 5.74) is 2.69. The maximum atomic E-state index is 8.90. The summed E-state index contributed by atoms with van der Waals surface area (Å²) >= 11 is -2.32. The summed E-state index contributed by atoms with van der Waals surface area (Å²) in [5.74, 6) is 6.82. The minimum absolute atomic E-state index is 0.113. The summed E-state index contributed by atoms with van der Waals surface area (Å²) in [7, 11) is 0. The Morgan fingerprint density at radius 1 is 0.750 bits per heavy atom. The van der Waals surface area contributed by atoms with Crippen molar-refractivity contribution in [3.63, 3.8) is 0 Å². The molecule has 0 radical (unpaired) electrons. The van der Waals surface area contributed by atoms with Gasteiger partial charge < -0.3 is 0 Å². The molecule has 32 heavy (non-hydrogen) atoms. The van der Waals surface area contributed by atoms with Crippen LogP contribution in [-0.2, 0) is 6.37 Å². The SMILES string of the molecule is [2H]C([2H])(c1cc(-c2ccc3c4ccccc4c4ccccc4c3c2)nc[c]1[Ge]([CH3])([CH3])[CH3])C(C)C. The molecule has 0 atom stereocenters. The van der Waals surface area contributed by atoms with Crippen molar-refractivity contribution < 1.29 is 2.74 Å². The number of nitrogens with zero attached hydrogens (tertiary/aromatic N) is 1. The molecule has 0 aliphatic carbocycles. The third-order valence-electron chi connectivity index (χ3n) is 6.20. The second kappa shape index (κ2) is 8.04. The zero-order valence-corrected chi connectivity index (χ0v) is 21.6. The molecular weight excluding hydrogens is 447 g/mol. The van der Waals surface area contributed by atoms with Crippen LogP contribution >= 0.6 is 0 Å². The molecule has 0 aliphatic rings. The van der Waals surface area contributed by atoms with Gasteiger partial charge in [-0.15, -0.1) is 0 Å². The summed E-state index contributed by atoms with van der Waals surface area (Å²) in [6, 6.07) is 25.8. The molecule has 0 bridgehead atoms. The Kier molecular flexibility index (Phi) is 4.75. The van der Waals surface area contributed by atoms with Gasteiger partial charge >= 0.3 is 197 Å². The fraction of sp³-hybridized carbons (Fsp3) is 0.233. The van der Waals surface area contributed by atoms with Crippen molar-refractivity contribution in [2.45, 2.75) is 37.5 Å². The topological polar surface area (TPSA) is 12.9 Å². The third-order valence-corrected chi connectivity index (χ3v) is 10.4. The van der Waals surface area contributed by atoms with Crippen LogP contribution < -0.4 is 4.40 Å². The van der Waals surface area contributed by atoms with Crippen LogP contribution in [0.15, 0.2) is 79.0 Å². The maximum absolute atomic E-state index is 8.90. The minimum atomic E-state index is -2.32. The number of pyridine rings is 1. The van der Waals surface area contributed by atoms with E-state index < -0.39 is 19.6 Å². The van der Waals surface area contributed by atoms with Crippen molar-refractivity contribution in [1.29, 1.82) is 0 Å². The Hall–Kier alpha value is -2.65. The molecule has 0 amide bonds. The molecule has 160 valence electrons. The van der Waals surface area contributed by atoms with Gasteiger partial charge in [-0.25, -0.2) is 0 Å². The Bertz CT molecular complexity index is 1510. The van der Waals surface area contributed by atoms with Gasteiger partial charge in [-0.1, -0.05) is 0 Å². The van der Waals surface area contributed by atoms with E-state index in [9.17, 15) is 0 Å². The van der Waals surface area contributed by atoms with Crippen molar-refractivity contribution in [2.75, 3.05) is 0 Å². The monoisotopic (exact) mass is 481 g/mol. The predicted octanol–water partition coefficient (Wildman–Crippen LogP) is 7.95. The summed E-state index contributed by atoms with van der Waals surface area (Å²) in [4.78, 5) is 4.88. The van der Waals surface area contributed by atoms with Gasteiger partial charge in [-0.2, -0.15) is 0 Å². The molecule has 0 fully saturated rings. The van der Waals surface area contributed by atoms with Gasteiger partial charge in [0.2, 0.25) is 0 Å². The van der Waals surface area contributed by atoms with E-state index in [1.807, 2.05) is 26.1 Å². The molecular formula is C30H31GeN. The van der Waals surface area contributed by atoms with Gasteiger partial charge in [-0.3, -0.25) is 0 Å². The van der Waals surface area contributed by atoms with Crippen LogP contribution in [-0.4, -0.2) is 18.3 Å². The van der Waals surface area contributed by atoms with Crippen LogP contribution in [0.4, 0.5) is 0 Å². The van der Waals surface area contributed by atoms with Crippen molar-refractivity contribution in [2.24, 2.45) is 5.92 Å². The average molecular weight is 480 g/mol. The first kappa shape index (κ1) is 18.9. The fourth-order valence-corrected chi connectivity index (χ4v) is 7.65. The van der Waals surface area contributed by atoms with Gasteiger partial charge in [0, 0.05) is 0 Å². The Morgan fingerprint density at radius 3 is 1.81 bits per heavy atom. The normalized spacial score (nSPS) is 13.7. The Balaban J connectivity index is 1.79. The van der Waals surface area contributed by atoms with Gasteiger partial charge in [0.15, 0.2) is 0 Å². The van der Waals surface area contributed by atoms with Crippen LogP contribution in [0.1, 0.15) is 22.2 Å². The molecule has 0 N–H and O–H groups in total. The molecule has 5 rings (SSSR count). The van der Waals surface area contributed by atoms with E-state index in [2.05, 4.69) is 84.0 Å². The standard InChI is InChI=1S/C30H31GeN/c1-20(2)16-22-18-30(32-19-29(22)31(3,4)5)21-14-15-27-25-12-7-6-10-23(25)24-11-8-9-13-26(24)28(27)17-21/h6-15,17-20H,16H2,1-5H3/i16D2. The van der Waals surface area contributed by atoms with E-state index in [4.69, 9.17) is 7.73 Å². The Labute approximate surface area is 196 Å². The molecule has 0 aliphatic heterocycles. The van der Waals surface area contributed by atoms with E-state index in [1.165, 1.54) is 32.3 Å². The van der Waals surface area contributed by atoms with E-state index in [-0.39, 0.29) is 5.92 Å². The summed E-state index contributed by atoms with van der Waals surface area (Å²) in [6.45, 7) is 3.93. The quantitative estimate of drug-likeness (QED) is 0.188. The van der Waals surface area contributed by atoms with E-state index in [0.717, 1.165) is 21.2 Å². The molecule has 0 unspecified atom stereocenters. The molecule has 2 heteroatoms. The van der Waals surface area contributed by atoms with Crippen LogP contribution in [0.5, 0.6) is 0 Å². The average Bonchev–Trinajstić information content (AvgIpc) is 2.83. The molecule has 4 aromatic carbocycles. The van der Waals surface area contributed by atoms with E-state index in [1.54, 1.807) is 0 Å². The molecule has 0 saturated heterocycles. The molecule has 5 aromatic rings. The van der Waals surface area contributed by atoms with Crippen molar-refractivity contribution in [3.8, 4) is 11.3 Å². The zero-order valence-electron chi connectivity index (χ0n) is 21.5. The molecule has 0 spiro atoms. The number of rotatable bonds is 4. The van der Waals surface area contributed by atoms with Crippen molar-refractivity contribution >= 4 is 50.0 Å². The number of hydrogen-bond acceptors (Lipinski definition) is 1. The predicted molar refractivity (Wildman–Crippen MR) is 144 cm³/mol. The summed E-state index contributed by atoms with van der Waals surface area (Å²) < 4.78 is 19.0. The van der Waals surface area contributed by atoms with E-state index >= 15 is 0 Å². The second-order valence-corrected chi connectivity index (χ2v) is 20.6. The van der Waals surface area contributed by atoms with Crippen LogP contribution in [0.25, 0.3) is 43.6 Å². The second-order valence-electron chi connectivity index (χ2n) is 10.0. The van der Waals surface area contributed by atoms with Gasteiger partial charge in [0.25, 0.3) is 0 Å². The van der Waals surface area contributed by atoms with Gasteiger partial charge in [0.05, 0.1) is 0 Å². The summed E-state index contributed by atoms with van der Waals surface area (Å²) in [5, 5.41) is 7.45. The van der Waals surface area contributed by atoms with E-state index in [0.29, 0.717) is 0 Å². The molecule has 1 nitrogen and oxygen atoms in total.